The number of H-pyrrole nitrogens is 1. The van der Waals surface area contributed by atoms with Crippen LogP contribution in [0.15, 0.2) is 30.6 Å². The van der Waals surface area contributed by atoms with E-state index >= 15 is 0 Å². The molecule has 3 nitrogen and oxygen atoms in total. The van der Waals surface area contributed by atoms with Gasteiger partial charge in [-0.05, 0) is 18.2 Å². The summed E-state index contributed by atoms with van der Waals surface area (Å²) < 4.78 is 38.4. The fourth-order valence-corrected chi connectivity index (χ4v) is 3.02. The fraction of sp³-hybridized carbons (Fsp3) is 0.0667. The molecule has 1 N–H and O–H groups in total. The lowest BCUT2D eigenvalue weighted by molar-refractivity contribution is -0.137. The van der Waals surface area contributed by atoms with Crippen molar-refractivity contribution in [2.45, 2.75) is 6.18 Å². The van der Waals surface area contributed by atoms with Gasteiger partial charge in [-0.25, -0.2) is 4.98 Å². The van der Waals surface area contributed by atoms with Gasteiger partial charge in [0, 0.05) is 28.9 Å². The van der Waals surface area contributed by atoms with E-state index in [4.69, 9.17) is 28.5 Å². The van der Waals surface area contributed by atoms with E-state index < -0.39 is 11.7 Å². The lowest BCUT2D eigenvalue weighted by atomic mass is 10.0. The maximum Gasteiger partial charge on any atom is 0.416 e. The van der Waals surface area contributed by atoms with Crippen LogP contribution in [0.3, 0.4) is 0 Å². The highest BCUT2D eigenvalue weighted by atomic mass is 35.5. The Kier molecular flexibility index (Phi) is 3.71. The molecule has 0 spiro atoms. The molecule has 0 aliphatic carbocycles. The monoisotopic (exact) mass is 355 g/mol. The first-order valence-corrected chi connectivity index (χ1v) is 7.01. The van der Waals surface area contributed by atoms with Gasteiger partial charge in [0.2, 0.25) is 0 Å². The number of pyridine rings is 1. The number of nitrogens with one attached hydrogen (secondary N) is 1. The predicted molar refractivity (Wildman–Crippen MR) is 81.3 cm³/mol. The van der Waals surface area contributed by atoms with Gasteiger partial charge in [0.15, 0.2) is 0 Å². The van der Waals surface area contributed by atoms with Gasteiger partial charge in [0.05, 0.1) is 21.1 Å². The standard InChI is InChI=1S/C15H6Cl2F3N3/c16-10-3-7(15(18,19)20)4-11(17)13(10)9-6-23-12(5-21)8-1-2-22-14(8)9/h1-4,6,22H. The Morgan fingerprint density at radius 3 is 2.39 bits per heavy atom. The predicted octanol–water partition coefficient (Wildman–Crippen LogP) is 5.43. The van der Waals surface area contributed by atoms with Crippen molar-refractivity contribution in [2.75, 3.05) is 0 Å². The molecule has 3 rings (SSSR count). The molecule has 0 saturated heterocycles. The minimum atomic E-state index is -4.55. The van der Waals surface area contributed by atoms with Crippen molar-refractivity contribution >= 4 is 34.1 Å². The van der Waals surface area contributed by atoms with Crippen LogP contribution in [0, 0.1) is 11.3 Å². The van der Waals surface area contributed by atoms with Gasteiger partial charge in [-0.15, -0.1) is 0 Å². The number of benzene rings is 1. The average molecular weight is 356 g/mol. The zero-order chi connectivity index (χ0) is 16.8. The summed E-state index contributed by atoms with van der Waals surface area (Å²) in [6.45, 7) is 0. The second-order valence-electron chi connectivity index (χ2n) is 4.71. The lowest BCUT2D eigenvalue weighted by Gasteiger charge is -2.13. The fourth-order valence-electron chi connectivity index (χ4n) is 2.33. The van der Waals surface area contributed by atoms with Crippen LogP contribution in [0.4, 0.5) is 13.2 Å². The Morgan fingerprint density at radius 2 is 1.83 bits per heavy atom. The maximum atomic E-state index is 12.8. The van der Waals surface area contributed by atoms with Crippen LogP contribution in [0.2, 0.25) is 10.0 Å². The normalized spacial score (nSPS) is 11.7. The minimum Gasteiger partial charge on any atom is -0.361 e. The zero-order valence-corrected chi connectivity index (χ0v) is 12.7. The Hall–Kier alpha value is -2.23. The molecule has 0 fully saturated rings. The second-order valence-corrected chi connectivity index (χ2v) is 5.53. The number of aromatic nitrogens is 2. The third-order valence-electron chi connectivity index (χ3n) is 3.34. The average Bonchev–Trinajstić information content (AvgIpc) is 2.95. The number of fused-ring (bicyclic) bond motifs is 1. The van der Waals surface area contributed by atoms with Crippen LogP contribution >= 0.6 is 23.2 Å². The first-order chi connectivity index (χ1) is 10.8. The number of hydrogen-bond donors (Lipinski definition) is 1. The van der Waals surface area contributed by atoms with Gasteiger partial charge in [-0.3, -0.25) is 0 Å². The first kappa shape index (κ1) is 15.7. The largest absolute Gasteiger partial charge is 0.416 e. The first-order valence-electron chi connectivity index (χ1n) is 6.25. The summed E-state index contributed by atoms with van der Waals surface area (Å²) in [7, 11) is 0. The summed E-state index contributed by atoms with van der Waals surface area (Å²) in [6.07, 6.45) is -1.59. The molecule has 3 aromatic rings. The molecule has 0 atom stereocenters. The molecule has 0 unspecified atom stereocenters. The van der Waals surface area contributed by atoms with Crippen molar-refractivity contribution in [3.8, 4) is 17.2 Å². The molecule has 0 bridgehead atoms. The number of hydrogen-bond acceptors (Lipinski definition) is 2. The maximum absolute atomic E-state index is 12.8. The van der Waals surface area contributed by atoms with E-state index in [2.05, 4.69) is 9.97 Å². The number of alkyl halides is 3. The smallest absolute Gasteiger partial charge is 0.361 e. The van der Waals surface area contributed by atoms with Gasteiger partial charge in [-0.1, -0.05) is 23.2 Å². The van der Waals surface area contributed by atoms with Crippen LogP contribution < -0.4 is 0 Å². The highest BCUT2D eigenvalue weighted by Gasteiger charge is 2.32. The molecule has 116 valence electrons. The van der Waals surface area contributed by atoms with E-state index in [1.54, 1.807) is 12.3 Å². The number of aromatic amines is 1. The van der Waals surface area contributed by atoms with Crippen molar-refractivity contribution in [2.24, 2.45) is 0 Å². The van der Waals surface area contributed by atoms with Crippen LogP contribution in [-0.2, 0) is 6.18 Å². The Bertz CT molecular complexity index is 932. The summed E-state index contributed by atoms with van der Waals surface area (Å²) in [5.41, 5.74) is 0.448. The Balaban J connectivity index is 2.29. The molecule has 1 aromatic carbocycles. The summed E-state index contributed by atoms with van der Waals surface area (Å²) in [5.74, 6) is 0. The van der Waals surface area contributed by atoms with Gasteiger partial charge in [0.25, 0.3) is 0 Å². The zero-order valence-electron chi connectivity index (χ0n) is 11.2. The van der Waals surface area contributed by atoms with Gasteiger partial charge in [0.1, 0.15) is 11.8 Å². The highest BCUT2D eigenvalue weighted by molar-refractivity contribution is 6.39. The topological polar surface area (TPSA) is 52.5 Å². The minimum absolute atomic E-state index is 0.146. The Morgan fingerprint density at radius 1 is 1.17 bits per heavy atom. The third-order valence-corrected chi connectivity index (χ3v) is 3.94. The van der Waals surface area contributed by atoms with Crippen molar-refractivity contribution in [1.29, 1.82) is 5.26 Å². The van der Waals surface area contributed by atoms with E-state index in [9.17, 15) is 13.2 Å². The third kappa shape index (κ3) is 2.62. The summed E-state index contributed by atoms with van der Waals surface area (Å²) >= 11 is 12.1. The van der Waals surface area contributed by atoms with E-state index in [0.29, 0.717) is 16.5 Å². The molecule has 8 heteroatoms. The molecular weight excluding hydrogens is 350 g/mol. The van der Waals surface area contributed by atoms with Crippen molar-refractivity contribution in [3.05, 3.63) is 51.9 Å². The van der Waals surface area contributed by atoms with E-state index in [-0.39, 0.29) is 21.3 Å². The van der Waals surface area contributed by atoms with Crippen molar-refractivity contribution < 1.29 is 13.2 Å². The number of nitriles is 1. The Labute approximate surface area is 138 Å². The molecule has 0 aliphatic heterocycles. The molecule has 2 heterocycles. The lowest BCUT2D eigenvalue weighted by Crippen LogP contribution is -2.05. The molecule has 2 aromatic heterocycles. The summed E-state index contributed by atoms with van der Waals surface area (Å²) in [5, 5.41) is 9.29. The molecule has 0 amide bonds. The van der Waals surface area contributed by atoms with Gasteiger partial charge < -0.3 is 4.98 Å². The van der Waals surface area contributed by atoms with Crippen LogP contribution in [0.1, 0.15) is 11.3 Å². The van der Waals surface area contributed by atoms with Crippen LogP contribution in [0.25, 0.3) is 22.0 Å². The second kappa shape index (κ2) is 5.44. The molecule has 0 aliphatic rings. The highest BCUT2D eigenvalue weighted by Crippen LogP contribution is 2.42. The van der Waals surface area contributed by atoms with Crippen molar-refractivity contribution in [1.82, 2.24) is 9.97 Å². The van der Waals surface area contributed by atoms with Gasteiger partial charge >= 0.3 is 6.18 Å². The molecule has 0 saturated carbocycles. The summed E-state index contributed by atoms with van der Waals surface area (Å²) in [6, 6.07) is 5.23. The SMILES string of the molecule is N#Cc1ncc(-c2c(Cl)cc(C(F)(F)F)cc2Cl)c2[nH]ccc12. The number of nitrogens with zero attached hydrogens (tertiary/aromatic N) is 2. The molecule has 23 heavy (non-hydrogen) atoms. The van der Waals surface area contributed by atoms with Gasteiger partial charge in [-0.2, -0.15) is 18.4 Å². The number of rotatable bonds is 1. The van der Waals surface area contributed by atoms with Crippen molar-refractivity contribution in [3.63, 3.8) is 0 Å². The van der Waals surface area contributed by atoms with E-state index in [1.165, 1.54) is 6.20 Å². The van der Waals surface area contributed by atoms with Crippen LogP contribution in [-0.4, -0.2) is 9.97 Å². The quantitative estimate of drug-likeness (QED) is 0.632. The van der Waals surface area contributed by atoms with E-state index in [0.717, 1.165) is 12.1 Å². The number of halogens is 5. The summed E-state index contributed by atoms with van der Waals surface area (Å²) in [4.78, 5) is 6.94. The van der Waals surface area contributed by atoms with Crippen LogP contribution in [0.5, 0.6) is 0 Å². The molecule has 0 radical (unpaired) electrons. The molecular formula is C15H6Cl2F3N3. The van der Waals surface area contributed by atoms with E-state index in [1.807, 2.05) is 6.07 Å².